The molecule has 0 bridgehead atoms. The van der Waals surface area contributed by atoms with Gasteiger partial charge in [-0.25, -0.2) is 13.2 Å². The predicted octanol–water partition coefficient (Wildman–Crippen LogP) is 3.45. The second kappa shape index (κ2) is 7.65. The second-order valence-electron chi connectivity index (χ2n) is 6.94. The number of nitrogens with zero attached hydrogens (tertiary/aromatic N) is 1. The maximum absolute atomic E-state index is 13.0. The maximum atomic E-state index is 13.0. The minimum Gasteiger partial charge on any atom is -0.422 e. The normalized spacial score (nSPS) is 19.1. The molecule has 1 atom stereocenters. The van der Waals surface area contributed by atoms with Gasteiger partial charge in [0, 0.05) is 23.5 Å². The van der Waals surface area contributed by atoms with Gasteiger partial charge in [-0.15, -0.1) is 0 Å². The van der Waals surface area contributed by atoms with Gasteiger partial charge in [0.15, 0.2) is 9.84 Å². The van der Waals surface area contributed by atoms with Gasteiger partial charge in [0.2, 0.25) is 0 Å². The zero-order valence-electron chi connectivity index (χ0n) is 15.4. The molecule has 1 aliphatic heterocycles. The number of carbonyl (C=O) groups excluding carboxylic acids is 1. The summed E-state index contributed by atoms with van der Waals surface area (Å²) in [7, 11) is -3.51. The highest BCUT2D eigenvalue weighted by atomic mass is 35.5. The van der Waals surface area contributed by atoms with Gasteiger partial charge in [0.05, 0.1) is 11.0 Å². The first kappa shape index (κ1) is 19.7. The Labute approximate surface area is 172 Å². The average Bonchev–Trinajstić information content (AvgIpc) is 2.85. The van der Waals surface area contributed by atoms with Crippen LogP contribution in [0.5, 0.6) is 0 Å². The maximum Gasteiger partial charge on any atom is 0.349 e. The van der Waals surface area contributed by atoms with Crippen LogP contribution in [0.15, 0.2) is 63.8 Å². The fraction of sp³-hybridized carbons (Fsp3) is 0.238. The molecular formula is C21H18ClNO5S. The largest absolute Gasteiger partial charge is 0.422 e. The Hall–Kier alpha value is -2.64. The summed E-state index contributed by atoms with van der Waals surface area (Å²) < 4.78 is 30.9. The van der Waals surface area contributed by atoms with Crippen molar-refractivity contribution in [1.82, 2.24) is 4.90 Å². The third-order valence-corrected chi connectivity index (χ3v) is 7.60. The third kappa shape index (κ3) is 3.80. The summed E-state index contributed by atoms with van der Waals surface area (Å²) in [5.41, 5.74) is 0.0979. The topological polar surface area (TPSA) is 84.7 Å². The minimum absolute atomic E-state index is 0.00832. The van der Waals surface area contributed by atoms with Crippen molar-refractivity contribution in [3.63, 3.8) is 0 Å². The molecule has 1 aliphatic rings. The van der Waals surface area contributed by atoms with E-state index in [0.29, 0.717) is 21.6 Å². The molecule has 0 aliphatic carbocycles. The molecule has 2 heterocycles. The van der Waals surface area contributed by atoms with Crippen LogP contribution in [-0.4, -0.2) is 38.1 Å². The Morgan fingerprint density at radius 3 is 2.59 bits per heavy atom. The quantitative estimate of drug-likeness (QED) is 0.580. The lowest BCUT2D eigenvalue weighted by Crippen LogP contribution is -2.36. The monoisotopic (exact) mass is 431 g/mol. The number of hydrogen-bond acceptors (Lipinski definition) is 5. The van der Waals surface area contributed by atoms with E-state index in [4.69, 9.17) is 16.0 Å². The number of para-hydroxylation sites is 1. The lowest BCUT2D eigenvalue weighted by atomic mass is 10.1. The number of halogens is 1. The molecule has 29 heavy (non-hydrogen) atoms. The summed E-state index contributed by atoms with van der Waals surface area (Å²) in [6.45, 7) is 0.203. The molecule has 1 fully saturated rings. The summed E-state index contributed by atoms with van der Waals surface area (Å²) in [5, 5.41) is 0.227. The minimum atomic E-state index is -3.51. The molecule has 6 nitrogen and oxygen atoms in total. The van der Waals surface area contributed by atoms with E-state index < -0.39 is 26.6 Å². The van der Waals surface area contributed by atoms with Crippen LogP contribution in [-0.2, 0) is 9.84 Å². The Morgan fingerprint density at radius 2 is 1.79 bits per heavy atom. The van der Waals surface area contributed by atoms with Crippen molar-refractivity contribution in [2.45, 2.75) is 11.7 Å². The standard InChI is InChI=1S/C21H18ClNO5S/c22-17-7-3-2-6-15(17)19-9-10-23(11-12-29(19,26)27)20(24)16-13-14-5-1-4-8-18(14)28-21(16)25/h1-8,13,19H,9-12H2. The highest BCUT2D eigenvalue weighted by Crippen LogP contribution is 2.34. The third-order valence-electron chi connectivity index (χ3n) is 5.15. The zero-order valence-corrected chi connectivity index (χ0v) is 16.9. The molecule has 8 heteroatoms. The molecule has 0 N–H and O–H groups in total. The molecule has 150 valence electrons. The first-order valence-corrected chi connectivity index (χ1v) is 11.2. The lowest BCUT2D eigenvalue weighted by Gasteiger charge is -2.19. The van der Waals surface area contributed by atoms with Crippen LogP contribution in [0.2, 0.25) is 5.02 Å². The van der Waals surface area contributed by atoms with Crippen LogP contribution in [0, 0.1) is 0 Å². The summed E-state index contributed by atoms with van der Waals surface area (Å²) in [6.07, 6.45) is 0.205. The lowest BCUT2D eigenvalue weighted by molar-refractivity contribution is 0.0762. The molecule has 0 saturated carbocycles. The fourth-order valence-electron chi connectivity index (χ4n) is 3.61. The van der Waals surface area contributed by atoms with Crippen LogP contribution < -0.4 is 5.63 Å². The van der Waals surface area contributed by atoms with Gasteiger partial charge >= 0.3 is 5.63 Å². The van der Waals surface area contributed by atoms with Crippen molar-refractivity contribution >= 4 is 38.3 Å². The number of carbonyl (C=O) groups is 1. The van der Waals surface area contributed by atoms with Crippen molar-refractivity contribution in [2.24, 2.45) is 0 Å². The van der Waals surface area contributed by atoms with Crippen molar-refractivity contribution < 1.29 is 17.6 Å². The Morgan fingerprint density at radius 1 is 1.07 bits per heavy atom. The van der Waals surface area contributed by atoms with Gasteiger partial charge < -0.3 is 9.32 Å². The van der Waals surface area contributed by atoms with E-state index >= 15 is 0 Å². The van der Waals surface area contributed by atoms with Gasteiger partial charge in [-0.05, 0) is 30.2 Å². The van der Waals surface area contributed by atoms with E-state index in [1.165, 1.54) is 11.0 Å². The van der Waals surface area contributed by atoms with E-state index in [1.54, 1.807) is 48.5 Å². The van der Waals surface area contributed by atoms with Gasteiger partial charge in [-0.1, -0.05) is 48.0 Å². The highest BCUT2D eigenvalue weighted by molar-refractivity contribution is 7.91. The van der Waals surface area contributed by atoms with Crippen LogP contribution in [0.4, 0.5) is 0 Å². The van der Waals surface area contributed by atoms with Gasteiger partial charge in [-0.2, -0.15) is 0 Å². The first-order valence-electron chi connectivity index (χ1n) is 9.15. The molecule has 1 amide bonds. The number of rotatable bonds is 2. The van der Waals surface area contributed by atoms with Crippen molar-refractivity contribution in [3.8, 4) is 0 Å². The van der Waals surface area contributed by atoms with E-state index in [9.17, 15) is 18.0 Å². The number of hydrogen-bond donors (Lipinski definition) is 0. The molecule has 2 aromatic carbocycles. The van der Waals surface area contributed by atoms with Gasteiger partial charge in [-0.3, -0.25) is 4.79 Å². The van der Waals surface area contributed by atoms with Gasteiger partial charge in [0.25, 0.3) is 5.91 Å². The van der Waals surface area contributed by atoms with Crippen LogP contribution >= 0.6 is 11.6 Å². The van der Waals surface area contributed by atoms with Crippen molar-refractivity contribution in [3.05, 3.63) is 81.2 Å². The zero-order chi connectivity index (χ0) is 20.6. The van der Waals surface area contributed by atoms with Crippen molar-refractivity contribution in [2.75, 3.05) is 18.8 Å². The molecule has 0 radical (unpaired) electrons. The molecule has 1 unspecified atom stereocenters. The Kier molecular flexibility index (Phi) is 5.19. The van der Waals surface area contributed by atoms with Crippen molar-refractivity contribution in [1.29, 1.82) is 0 Å². The first-order chi connectivity index (χ1) is 13.9. The average molecular weight is 432 g/mol. The molecule has 3 aromatic rings. The Balaban J connectivity index is 1.64. The molecule has 1 saturated heterocycles. The molecular weight excluding hydrogens is 414 g/mol. The summed E-state index contributed by atoms with van der Waals surface area (Å²) in [4.78, 5) is 26.7. The van der Waals surface area contributed by atoms with E-state index in [2.05, 4.69) is 0 Å². The SMILES string of the molecule is O=C(c1cc2ccccc2oc1=O)N1CCC(c2ccccc2Cl)S(=O)(=O)CC1. The smallest absolute Gasteiger partial charge is 0.349 e. The van der Waals surface area contributed by atoms with Crippen LogP contribution in [0.1, 0.15) is 27.6 Å². The molecule has 4 rings (SSSR count). The summed E-state index contributed by atoms with van der Waals surface area (Å²) in [6, 6.07) is 15.2. The van der Waals surface area contributed by atoms with Gasteiger partial charge in [0.1, 0.15) is 11.1 Å². The van der Waals surface area contributed by atoms with Crippen LogP contribution in [0.25, 0.3) is 11.0 Å². The molecule has 0 spiro atoms. The van der Waals surface area contributed by atoms with E-state index in [1.807, 2.05) is 0 Å². The number of fused-ring (bicyclic) bond motifs is 1. The Bertz CT molecular complexity index is 1250. The fourth-order valence-corrected chi connectivity index (χ4v) is 5.76. The second-order valence-corrected chi connectivity index (χ2v) is 9.65. The number of benzene rings is 2. The van der Waals surface area contributed by atoms with E-state index in [-0.39, 0.29) is 30.8 Å². The molecule has 1 aromatic heterocycles. The summed E-state index contributed by atoms with van der Waals surface area (Å²) >= 11 is 6.21. The number of sulfone groups is 1. The predicted molar refractivity (Wildman–Crippen MR) is 111 cm³/mol. The summed E-state index contributed by atoms with van der Waals surface area (Å²) in [5.74, 6) is -0.729. The highest BCUT2D eigenvalue weighted by Gasteiger charge is 2.34. The van der Waals surface area contributed by atoms with Crippen LogP contribution in [0.3, 0.4) is 0 Å². The van der Waals surface area contributed by atoms with E-state index in [0.717, 1.165) is 0 Å². The number of amides is 1.